The molecular formula is C14H13N3O. The molecule has 0 radical (unpaired) electrons. The summed E-state index contributed by atoms with van der Waals surface area (Å²) < 4.78 is 7.68. The fourth-order valence-corrected chi connectivity index (χ4v) is 1.85. The molecule has 0 unspecified atom stereocenters. The molecule has 0 fully saturated rings. The molecule has 2 heterocycles. The maximum absolute atomic E-state index is 5.81. The molecule has 0 aliphatic heterocycles. The SMILES string of the molecule is NCc1nc(-c2ccccc2)oc1-n1cccc1. The van der Waals surface area contributed by atoms with Crippen LogP contribution >= 0.6 is 0 Å². The minimum atomic E-state index is 0.351. The maximum atomic E-state index is 5.81. The van der Waals surface area contributed by atoms with E-state index in [0.29, 0.717) is 18.3 Å². The van der Waals surface area contributed by atoms with Crippen molar-refractivity contribution in [3.05, 3.63) is 60.6 Å². The number of rotatable bonds is 3. The molecule has 4 heteroatoms. The van der Waals surface area contributed by atoms with E-state index in [-0.39, 0.29) is 0 Å². The summed E-state index contributed by atoms with van der Waals surface area (Å²) in [7, 11) is 0. The van der Waals surface area contributed by atoms with Crippen LogP contribution in [0, 0.1) is 0 Å². The van der Waals surface area contributed by atoms with Crippen LogP contribution in [-0.2, 0) is 6.54 Å². The van der Waals surface area contributed by atoms with Gasteiger partial charge in [0.25, 0.3) is 0 Å². The Morgan fingerprint density at radius 1 is 1.06 bits per heavy atom. The predicted octanol–water partition coefficient (Wildman–Crippen LogP) is 2.59. The van der Waals surface area contributed by atoms with E-state index in [1.165, 1.54) is 0 Å². The van der Waals surface area contributed by atoms with E-state index >= 15 is 0 Å². The smallest absolute Gasteiger partial charge is 0.229 e. The highest BCUT2D eigenvalue weighted by Gasteiger charge is 2.14. The molecule has 0 spiro atoms. The third-order valence-corrected chi connectivity index (χ3v) is 2.73. The maximum Gasteiger partial charge on any atom is 0.229 e. The van der Waals surface area contributed by atoms with Crippen LogP contribution in [-0.4, -0.2) is 9.55 Å². The normalized spacial score (nSPS) is 10.7. The van der Waals surface area contributed by atoms with E-state index in [1.807, 2.05) is 59.4 Å². The first-order valence-corrected chi connectivity index (χ1v) is 5.77. The van der Waals surface area contributed by atoms with Gasteiger partial charge in [-0.1, -0.05) is 18.2 Å². The molecule has 0 aliphatic carbocycles. The van der Waals surface area contributed by atoms with Crippen molar-refractivity contribution in [2.45, 2.75) is 6.54 Å². The number of oxazole rings is 1. The van der Waals surface area contributed by atoms with Gasteiger partial charge in [0, 0.05) is 24.5 Å². The number of nitrogens with zero attached hydrogens (tertiary/aromatic N) is 2. The third-order valence-electron chi connectivity index (χ3n) is 2.73. The molecule has 3 rings (SSSR count). The molecule has 0 saturated carbocycles. The van der Waals surface area contributed by atoms with E-state index in [4.69, 9.17) is 10.2 Å². The monoisotopic (exact) mass is 239 g/mol. The average molecular weight is 239 g/mol. The van der Waals surface area contributed by atoms with Crippen LogP contribution in [0.25, 0.3) is 17.3 Å². The highest BCUT2D eigenvalue weighted by molar-refractivity contribution is 5.54. The predicted molar refractivity (Wildman–Crippen MR) is 69.2 cm³/mol. The molecule has 3 aromatic rings. The summed E-state index contributed by atoms with van der Waals surface area (Å²) >= 11 is 0. The van der Waals surface area contributed by atoms with Crippen molar-refractivity contribution in [3.8, 4) is 17.3 Å². The second-order valence-electron chi connectivity index (χ2n) is 3.93. The van der Waals surface area contributed by atoms with Crippen LogP contribution < -0.4 is 5.73 Å². The number of benzene rings is 1. The standard InChI is InChI=1S/C14H13N3O/c15-10-12-14(17-8-4-5-9-17)18-13(16-12)11-6-2-1-3-7-11/h1-9H,10,15H2. The zero-order valence-electron chi connectivity index (χ0n) is 9.78. The minimum absolute atomic E-state index is 0.351. The third kappa shape index (κ3) is 1.83. The summed E-state index contributed by atoms with van der Waals surface area (Å²) in [5.74, 6) is 1.28. The van der Waals surface area contributed by atoms with E-state index in [2.05, 4.69) is 4.98 Å². The second kappa shape index (κ2) is 4.50. The summed E-state index contributed by atoms with van der Waals surface area (Å²) in [6, 6.07) is 13.7. The van der Waals surface area contributed by atoms with Crippen LogP contribution in [0.4, 0.5) is 0 Å². The molecule has 4 nitrogen and oxygen atoms in total. The van der Waals surface area contributed by atoms with Crippen molar-refractivity contribution < 1.29 is 4.42 Å². The second-order valence-corrected chi connectivity index (χ2v) is 3.93. The van der Waals surface area contributed by atoms with Gasteiger partial charge in [0.15, 0.2) is 0 Å². The van der Waals surface area contributed by atoms with Crippen molar-refractivity contribution in [3.63, 3.8) is 0 Å². The summed E-state index contributed by atoms with van der Waals surface area (Å²) in [5, 5.41) is 0. The Bertz CT molecular complexity index is 626. The Kier molecular flexibility index (Phi) is 2.70. The van der Waals surface area contributed by atoms with Gasteiger partial charge in [-0.3, -0.25) is 4.57 Å². The van der Waals surface area contributed by atoms with Gasteiger partial charge in [0.1, 0.15) is 5.69 Å². The van der Waals surface area contributed by atoms with Gasteiger partial charge in [-0.15, -0.1) is 0 Å². The van der Waals surface area contributed by atoms with Gasteiger partial charge in [-0.25, -0.2) is 4.98 Å². The first-order valence-electron chi connectivity index (χ1n) is 5.77. The highest BCUT2D eigenvalue weighted by atomic mass is 16.4. The van der Waals surface area contributed by atoms with Crippen molar-refractivity contribution in [1.29, 1.82) is 0 Å². The van der Waals surface area contributed by atoms with Gasteiger partial charge >= 0.3 is 0 Å². The highest BCUT2D eigenvalue weighted by Crippen LogP contribution is 2.24. The van der Waals surface area contributed by atoms with Crippen LogP contribution in [0.2, 0.25) is 0 Å². The van der Waals surface area contributed by atoms with Crippen LogP contribution in [0.15, 0.2) is 59.3 Å². The Morgan fingerprint density at radius 3 is 2.44 bits per heavy atom. The minimum Gasteiger partial charge on any atom is -0.419 e. The summed E-state index contributed by atoms with van der Waals surface area (Å²) in [6.07, 6.45) is 3.82. The molecule has 2 N–H and O–H groups in total. The van der Waals surface area contributed by atoms with Crippen LogP contribution in [0.5, 0.6) is 0 Å². The van der Waals surface area contributed by atoms with Crippen molar-refractivity contribution >= 4 is 0 Å². The zero-order chi connectivity index (χ0) is 12.4. The molecule has 0 bridgehead atoms. The summed E-state index contributed by atoms with van der Waals surface area (Å²) in [6.45, 7) is 0.351. The van der Waals surface area contributed by atoms with Gasteiger partial charge in [-0.2, -0.15) is 0 Å². The molecule has 18 heavy (non-hydrogen) atoms. The lowest BCUT2D eigenvalue weighted by molar-refractivity contribution is 0.544. The van der Waals surface area contributed by atoms with Crippen molar-refractivity contribution in [1.82, 2.24) is 9.55 Å². The van der Waals surface area contributed by atoms with Gasteiger partial charge in [-0.05, 0) is 24.3 Å². The Morgan fingerprint density at radius 2 is 1.78 bits per heavy atom. The summed E-state index contributed by atoms with van der Waals surface area (Å²) in [5.41, 5.74) is 7.42. The van der Waals surface area contributed by atoms with Crippen molar-refractivity contribution in [2.75, 3.05) is 0 Å². The Hall–Kier alpha value is -2.33. The molecule has 1 aromatic carbocycles. The topological polar surface area (TPSA) is 57.0 Å². The molecule has 0 aliphatic rings. The Labute approximate surface area is 105 Å². The lowest BCUT2D eigenvalue weighted by Gasteiger charge is -1.98. The number of nitrogens with two attached hydrogens (primary N) is 1. The quantitative estimate of drug-likeness (QED) is 0.764. The van der Waals surface area contributed by atoms with Gasteiger partial charge < -0.3 is 10.2 Å². The number of hydrogen-bond acceptors (Lipinski definition) is 3. The Balaban J connectivity index is 2.09. The largest absolute Gasteiger partial charge is 0.419 e. The molecule has 0 atom stereocenters. The average Bonchev–Trinajstić information content (AvgIpc) is 3.08. The first kappa shape index (κ1) is 10.8. The fourth-order valence-electron chi connectivity index (χ4n) is 1.85. The van der Waals surface area contributed by atoms with Crippen LogP contribution in [0.3, 0.4) is 0 Å². The zero-order valence-corrected chi connectivity index (χ0v) is 9.78. The van der Waals surface area contributed by atoms with Gasteiger partial charge in [0.05, 0.1) is 0 Å². The molecule has 2 aromatic heterocycles. The van der Waals surface area contributed by atoms with E-state index in [9.17, 15) is 0 Å². The van der Waals surface area contributed by atoms with E-state index < -0.39 is 0 Å². The molecular weight excluding hydrogens is 226 g/mol. The van der Waals surface area contributed by atoms with E-state index in [0.717, 1.165) is 11.3 Å². The lowest BCUT2D eigenvalue weighted by atomic mass is 10.2. The molecule has 0 saturated heterocycles. The fraction of sp³-hybridized carbons (Fsp3) is 0.0714. The number of aromatic nitrogens is 2. The molecule has 0 amide bonds. The molecule has 90 valence electrons. The number of hydrogen-bond donors (Lipinski definition) is 1. The van der Waals surface area contributed by atoms with E-state index in [1.54, 1.807) is 0 Å². The van der Waals surface area contributed by atoms with Gasteiger partial charge in [0.2, 0.25) is 11.8 Å². The lowest BCUT2D eigenvalue weighted by Crippen LogP contribution is -2.01. The summed E-state index contributed by atoms with van der Waals surface area (Å²) in [4.78, 5) is 4.44. The first-order chi connectivity index (χ1) is 8.88. The van der Waals surface area contributed by atoms with Crippen molar-refractivity contribution in [2.24, 2.45) is 5.73 Å². The van der Waals surface area contributed by atoms with Crippen LogP contribution in [0.1, 0.15) is 5.69 Å².